The molecule has 0 spiro atoms. The van der Waals surface area contributed by atoms with Gasteiger partial charge in [-0.15, -0.1) is 0 Å². The SMILES string of the molecule is COC(=O)N[C@H](CC(=O)N1[C@H](c2nc3ccc([C]4[CH][CH][CH][CH]4)cc3[nH]2)C[C@@H]2CCCC[C@@H]21)C(C)C. The molecule has 2 heterocycles. The van der Waals surface area contributed by atoms with E-state index in [0.29, 0.717) is 5.92 Å². The third-order valence-corrected chi connectivity index (χ3v) is 7.88. The summed E-state index contributed by atoms with van der Waals surface area (Å²) in [5.41, 5.74) is 3.07. The van der Waals surface area contributed by atoms with Crippen LogP contribution in [0.4, 0.5) is 4.79 Å². The van der Waals surface area contributed by atoms with Crippen LogP contribution in [0.15, 0.2) is 18.2 Å². The number of carbonyl (C=O) groups excluding carboxylic acids is 2. The number of ether oxygens (including phenoxy) is 1. The second kappa shape index (κ2) is 10.2. The summed E-state index contributed by atoms with van der Waals surface area (Å²) in [6, 6.07) is 6.19. The summed E-state index contributed by atoms with van der Waals surface area (Å²) in [4.78, 5) is 36.3. The first kappa shape index (κ1) is 24.1. The van der Waals surface area contributed by atoms with Gasteiger partial charge in [0.1, 0.15) is 5.82 Å². The third-order valence-electron chi connectivity index (χ3n) is 7.88. The number of aromatic amines is 1. The van der Waals surface area contributed by atoms with Crippen molar-refractivity contribution in [3.8, 4) is 0 Å². The summed E-state index contributed by atoms with van der Waals surface area (Å²) in [7, 11) is 1.35. The number of H-pyrrole nitrogens is 1. The number of nitrogens with one attached hydrogen (secondary N) is 2. The number of methoxy groups -OCH3 is 1. The highest BCUT2D eigenvalue weighted by Crippen LogP contribution is 2.46. The Balaban J connectivity index is 1.41. The van der Waals surface area contributed by atoms with Crippen LogP contribution in [0.5, 0.6) is 0 Å². The highest BCUT2D eigenvalue weighted by Gasteiger charge is 2.46. The van der Waals surface area contributed by atoms with Crippen molar-refractivity contribution in [2.24, 2.45) is 11.8 Å². The van der Waals surface area contributed by atoms with Crippen molar-refractivity contribution in [1.82, 2.24) is 20.2 Å². The number of benzene rings is 1. The molecule has 2 aliphatic carbocycles. The zero-order valence-electron chi connectivity index (χ0n) is 20.8. The number of carbonyl (C=O) groups is 2. The van der Waals surface area contributed by atoms with Crippen molar-refractivity contribution in [3.05, 3.63) is 61.2 Å². The van der Waals surface area contributed by atoms with Crippen molar-refractivity contribution in [2.75, 3.05) is 7.11 Å². The molecule has 1 aromatic heterocycles. The predicted octanol–water partition coefficient (Wildman–Crippen LogP) is 4.92. The van der Waals surface area contributed by atoms with E-state index in [4.69, 9.17) is 9.72 Å². The molecule has 0 bridgehead atoms. The van der Waals surface area contributed by atoms with Crippen molar-refractivity contribution in [1.29, 1.82) is 0 Å². The Morgan fingerprint density at radius 3 is 2.71 bits per heavy atom. The van der Waals surface area contributed by atoms with Gasteiger partial charge in [0.15, 0.2) is 0 Å². The van der Waals surface area contributed by atoms with Crippen LogP contribution in [0.25, 0.3) is 11.0 Å². The minimum Gasteiger partial charge on any atom is -0.453 e. The number of amides is 2. The van der Waals surface area contributed by atoms with E-state index in [-0.39, 0.29) is 36.4 Å². The summed E-state index contributed by atoms with van der Waals surface area (Å²) >= 11 is 0. The lowest BCUT2D eigenvalue weighted by atomic mass is 9.84. The molecule has 2 N–H and O–H groups in total. The Hall–Kier alpha value is -2.57. The Labute approximate surface area is 208 Å². The minimum atomic E-state index is -0.497. The van der Waals surface area contributed by atoms with Gasteiger partial charge in [-0.05, 0) is 74.5 Å². The average Bonchev–Trinajstić information content (AvgIpc) is 3.60. The third kappa shape index (κ3) is 4.91. The van der Waals surface area contributed by atoms with E-state index in [0.717, 1.165) is 48.1 Å². The van der Waals surface area contributed by atoms with Gasteiger partial charge >= 0.3 is 6.09 Å². The largest absolute Gasteiger partial charge is 0.453 e. The summed E-state index contributed by atoms with van der Waals surface area (Å²) in [6.45, 7) is 4.03. The molecule has 3 fully saturated rings. The van der Waals surface area contributed by atoms with Crippen LogP contribution in [0, 0.1) is 43.4 Å². The van der Waals surface area contributed by atoms with Crippen LogP contribution in [0.3, 0.4) is 0 Å². The molecule has 1 saturated heterocycles. The number of hydrogen-bond donors (Lipinski definition) is 2. The fourth-order valence-electron chi connectivity index (χ4n) is 5.95. The molecule has 2 saturated carbocycles. The Bertz CT molecular complexity index is 1060. The van der Waals surface area contributed by atoms with E-state index in [1.165, 1.54) is 19.4 Å². The van der Waals surface area contributed by atoms with Crippen molar-refractivity contribution in [3.63, 3.8) is 0 Å². The van der Waals surface area contributed by atoms with Gasteiger partial charge in [-0.3, -0.25) is 4.79 Å². The van der Waals surface area contributed by atoms with Gasteiger partial charge in [-0.1, -0.05) is 32.8 Å². The standard InChI is InChI=1S/C28H35N4O3/c1-17(2)22(31-28(34)35-3)16-26(33)32-24-11-7-6-10-20(24)15-25(32)27-29-21-13-12-19(14-23(21)30-27)18-8-4-5-9-18/h4-5,8-9,12-14,17,20,22,24-25H,6-7,10-11,15-16H2,1-3H3,(H,29,30)(H,31,34)/t20-,22+,24-,25-/m0/s1. The Kier molecular flexibility index (Phi) is 7.03. The lowest BCUT2D eigenvalue weighted by Crippen LogP contribution is -2.46. The minimum absolute atomic E-state index is 0.0729. The van der Waals surface area contributed by atoms with Gasteiger partial charge < -0.3 is 19.9 Å². The Morgan fingerprint density at radius 2 is 1.97 bits per heavy atom. The molecule has 5 radical (unpaired) electrons. The first-order valence-electron chi connectivity index (χ1n) is 12.8. The number of rotatable bonds is 6. The van der Waals surface area contributed by atoms with Gasteiger partial charge in [0, 0.05) is 24.4 Å². The first-order chi connectivity index (χ1) is 16.9. The molecule has 35 heavy (non-hydrogen) atoms. The maximum atomic E-state index is 13.8. The van der Waals surface area contributed by atoms with Gasteiger partial charge in [-0.2, -0.15) is 0 Å². The number of alkyl carbamates (subject to hydrolysis) is 1. The number of likely N-dealkylation sites (tertiary alicyclic amines) is 1. The van der Waals surface area contributed by atoms with E-state index in [1.807, 2.05) is 26.7 Å². The number of aromatic nitrogens is 2. The maximum absolute atomic E-state index is 13.8. The van der Waals surface area contributed by atoms with E-state index < -0.39 is 6.09 Å². The molecule has 185 valence electrons. The van der Waals surface area contributed by atoms with Crippen molar-refractivity contribution >= 4 is 23.0 Å². The highest BCUT2D eigenvalue weighted by atomic mass is 16.5. The fraction of sp³-hybridized carbons (Fsp3) is 0.500. The number of imidazole rings is 1. The van der Waals surface area contributed by atoms with E-state index in [9.17, 15) is 9.59 Å². The van der Waals surface area contributed by atoms with E-state index >= 15 is 0 Å². The molecule has 4 atom stereocenters. The normalized spacial score (nSPS) is 25.7. The molecule has 0 unspecified atom stereocenters. The van der Waals surface area contributed by atoms with Crippen LogP contribution < -0.4 is 5.32 Å². The first-order valence-corrected chi connectivity index (χ1v) is 12.8. The molecule has 1 aromatic carbocycles. The molecule has 2 aromatic rings. The van der Waals surface area contributed by atoms with Crippen LogP contribution in [-0.4, -0.2) is 46.1 Å². The summed E-state index contributed by atoms with van der Waals surface area (Å²) < 4.78 is 4.79. The molecular weight excluding hydrogens is 440 g/mol. The molecule has 2 amide bonds. The van der Waals surface area contributed by atoms with Crippen molar-refractivity contribution in [2.45, 2.75) is 70.5 Å². The zero-order chi connectivity index (χ0) is 24.5. The van der Waals surface area contributed by atoms with Crippen LogP contribution in [-0.2, 0) is 9.53 Å². The predicted molar refractivity (Wildman–Crippen MR) is 134 cm³/mol. The second-order valence-corrected chi connectivity index (χ2v) is 10.4. The molecule has 5 rings (SSSR count). The smallest absolute Gasteiger partial charge is 0.407 e. The molecule has 3 aliphatic rings. The molecule has 7 heteroatoms. The topological polar surface area (TPSA) is 87.3 Å². The number of hydrogen-bond acceptors (Lipinski definition) is 4. The second-order valence-electron chi connectivity index (χ2n) is 10.4. The van der Waals surface area contributed by atoms with E-state index in [2.05, 4.69) is 46.2 Å². The molecular formula is C28H35N4O3. The van der Waals surface area contributed by atoms with Gasteiger partial charge in [0.25, 0.3) is 0 Å². The monoisotopic (exact) mass is 475 g/mol. The lowest BCUT2D eigenvalue weighted by molar-refractivity contribution is -0.136. The van der Waals surface area contributed by atoms with Gasteiger partial charge in [-0.25, -0.2) is 9.78 Å². The van der Waals surface area contributed by atoms with E-state index in [1.54, 1.807) is 0 Å². The maximum Gasteiger partial charge on any atom is 0.407 e. The number of fused-ring (bicyclic) bond motifs is 2. The fourth-order valence-corrected chi connectivity index (χ4v) is 5.95. The Morgan fingerprint density at radius 1 is 1.20 bits per heavy atom. The zero-order valence-corrected chi connectivity index (χ0v) is 20.8. The molecule has 1 aliphatic heterocycles. The molecule has 7 nitrogen and oxygen atoms in total. The summed E-state index contributed by atoms with van der Waals surface area (Å²) in [5.74, 6) is 2.74. The number of nitrogens with zero attached hydrogens (tertiary/aromatic N) is 2. The van der Waals surface area contributed by atoms with Gasteiger partial charge in [0.2, 0.25) is 5.91 Å². The van der Waals surface area contributed by atoms with Crippen LogP contribution in [0.2, 0.25) is 0 Å². The highest BCUT2D eigenvalue weighted by molar-refractivity contribution is 5.80. The van der Waals surface area contributed by atoms with Crippen LogP contribution in [0.1, 0.15) is 69.8 Å². The van der Waals surface area contributed by atoms with Crippen molar-refractivity contribution < 1.29 is 14.3 Å². The van der Waals surface area contributed by atoms with Crippen LogP contribution >= 0.6 is 0 Å². The summed E-state index contributed by atoms with van der Waals surface area (Å²) in [5, 5.41) is 2.86. The quantitative estimate of drug-likeness (QED) is 0.621. The van der Waals surface area contributed by atoms with Gasteiger partial charge in [0.05, 0.1) is 24.2 Å². The average molecular weight is 476 g/mol. The lowest BCUT2D eigenvalue weighted by Gasteiger charge is -2.35. The summed E-state index contributed by atoms with van der Waals surface area (Å²) in [6.07, 6.45) is 13.5.